The van der Waals surface area contributed by atoms with Gasteiger partial charge in [0.05, 0.1) is 5.56 Å². The maximum atomic E-state index is 13.1. The van der Waals surface area contributed by atoms with Gasteiger partial charge in [0.2, 0.25) is 5.91 Å². The minimum atomic E-state index is -0.540. The van der Waals surface area contributed by atoms with Crippen LogP contribution in [0.1, 0.15) is 23.2 Å². The Bertz CT molecular complexity index is 493. The van der Waals surface area contributed by atoms with Crippen LogP contribution < -0.4 is 10.6 Å². The summed E-state index contributed by atoms with van der Waals surface area (Å²) in [6.45, 7) is 0.634. The van der Waals surface area contributed by atoms with Crippen LogP contribution in [0.4, 0.5) is 4.39 Å². The fourth-order valence-electron chi connectivity index (χ4n) is 1.82. The molecule has 0 saturated carbocycles. The molecule has 2 N–H and O–H groups in total. The summed E-state index contributed by atoms with van der Waals surface area (Å²) in [5, 5.41) is 5.28. The van der Waals surface area contributed by atoms with Crippen LogP contribution in [0.25, 0.3) is 0 Å². The monoisotopic (exact) mass is 314 g/mol. The van der Waals surface area contributed by atoms with E-state index in [1.807, 2.05) is 0 Å². The second kappa shape index (κ2) is 5.48. The predicted octanol–water partition coefficient (Wildman–Crippen LogP) is 1.60. The predicted molar refractivity (Wildman–Crippen MR) is 67.6 cm³/mol. The van der Waals surface area contributed by atoms with Crippen molar-refractivity contribution >= 4 is 27.7 Å². The molecule has 1 saturated heterocycles. The van der Waals surface area contributed by atoms with Gasteiger partial charge in [-0.15, -0.1) is 0 Å². The third-order valence-corrected chi connectivity index (χ3v) is 3.46. The van der Waals surface area contributed by atoms with Crippen LogP contribution in [0.5, 0.6) is 0 Å². The molecule has 1 aromatic rings. The molecule has 96 valence electrons. The molecule has 1 aromatic carbocycles. The maximum absolute atomic E-state index is 13.1. The molecule has 1 atom stereocenters. The number of halogens is 2. The quantitative estimate of drug-likeness (QED) is 0.871. The van der Waals surface area contributed by atoms with Gasteiger partial charge in [-0.05, 0) is 47.0 Å². The van der Waals surface area contributed by atoms with Gasteiger partial charge in [0.15, 0.2) is 0 Å². The fourth-order valence-corrected chi connectivity index (χ4v) is 2.24. The van der Waals surface area contributed by atoms with Gasteiger partial charge in [-0.3, -0.25) is 9.59 Å². The lowest BCUT2D eigenvalue weighted by atomic mass is 10.1. The second-order valence-corrected chi connectivity index (χ2v) is 4.94. The highest BCUT2D eigenvalue weighted by molar-refractivity contribution is 9.10. The zero-order chi connectivity index (χ0) is 13.1. The van der Waals surface area contributed by atoms with E-state index in [0.717, 1.165) is 12.5 Å². The average molecular weight is 315 g/mol. The third-order valence-electron chi connectivity index (χ3n) is 2.76. The summed E-state index contributed by atoms with van der Waals surface area (Å²) in [5.74, 6) is -1.14. The number of carbonyl (C=O) groups excluding carboxylic acids is 2. The van der Waals surface area contributed by atoms with E-state index in [2.05, 4.69) is 26.6 Å². The Morgan fingerprint density at radius 3 is 3.00 bits per heavy atom. The van der Waals surface area contributed by atoms with E-state index in [0.29, 0.717) is 17.4 Å². The highest BCUT2D eigenvalue weighted by atomic mass is 79.9. The lowest BCUT2D eigenvalue weighted by molar-refractivity contribution is -0.124. The smallest absolute Gasteiger partial charge is 0.253 e. The van der Waals surface area contributed by atoms with Crippen LogP contribution in [0, 0.1) is 5.82 Å². The third kappa shape index (κ3) is 2.87. The van der Waals surface area contributed by atoms with E-state index in [9.17, 15) is 14.0 Å². The van der Waals surface area contributed by atoms with E-state index >= 15 is 0 Å². The number of piperidine rings is 1. The van der Waals surface area contributed by atoms with Crippen molar-refractivity contribution in [1.29, 1.82) is 0 Å². The topological polar surface area (TPSA) is 58.2 Å². The Morgan fingerprint density at radius 2 is 2.28 bits per heavy atom. The molecular formula is C12H12BrFN2O2. The zero-order valence-corrected chi connectivity index (χ0v) is 11.1. The molecule has 0 aromatic heterocycles. The van der Waals surface area contributed by atoms with Crippen LogP contribution in [0.2, 0.25) is 0 Å². The van der Waals surface area contributed by atoms with Crippen LogP contribution in [-0.2, 0) is 4.79 Å². The first-order valence-corrected chi connectivity index (χ1v) is 6.41. The van der Waals surface area contributed by atoms with Crippen LogP contribution in [-0.4, -0.2) is 24.4 Å². The summed E-state index contributed by atoms with van der Waals surface area (Å²) in [6, 6.07) is 3.32. The van der Waals surface area contributed by atoms with Crippen LogP contribution >= 0.6 is 15.9 Å². The molecule has 0 aliphatic carbocycles. The summed E-state index contributed by atoms with van der Waals surface area (Å²) in [5.41, 5.74) is 0.188. The van der Waals surface area contributed by atoms with Gasteiger partial charge in [0, 0.05) is 11.0 Å². The number of hydrogen-bond acceptors (Lipinski definition) is 2. The van der Waals surface area contributed by atoms with Crippen molar-refractivity contribution in [1.82, 2.24) is 10.6 Å². The number of rotatable bonds is 2. The minimum absolute atomic E-state index is 0.188. The van der Waals surface area contributed by atoms with Crippen LogP contribution in [0.3, 0.4) is 0 Å². The Kier molecular flexibility index (Phi) is 3.96. The highest BCUT2D eigenvalue weighted by Gasteiger charge is 2.24. The lowest BCUT2D eigenvalue weighted by Crippen LogP contribution is -2.50. The van der Waals surface area contributed by atoms with E-state index < -0.39 is 17.8 Å². The molecule has 1 unspecified atom stereocenters. The SMILES string of the molecule is O=C(NC1CCCNC1=O)c1cc(F)ccc1Br. The van der Waals surface area contributed by atoms with Crippen molar-refractivity contribution in [2.24, 2.45) is 0 Å². The van der Waals surface area contributed by atoms with Crippen molar-refractivity contribution < 1.29 is 14.0 Å². The normalized spacial score (nSPS) is 19.2. The molecule has 0 spiro atoms. The van der Waals surface area contributed by atoms with Crippen molar-refractivity contribution in [2.75, 3.05) is 6.54 Å². The Labute approximate surface area is 112 Å². The number of carbonyl (C=O) groups is 2. The Balaban J connectivity index is 2.11. The first-order valence-electron chi connectivity index (χ1n) is 5.61. The molecule has 2 amide bonds. The average Bonchev–Trinajstić information content (AvgIpc) is 2.35. The minimum Gasteiger partial charge on any atom is -0.354 e. The summed E-state index contributed by atoms with van der Waals surface area (Å²) in [7, 11) is 0. The van der Waals surface area contributed by atoms with Gasteiger partial charge in [-0.1, -0.05) is 0 Å². The number of hydrogen-bond donors (Lipinski definition) is 2. The summed E-state index contributed by atoms with van der Waals surface area (Å²) in [6.07, 6.45) is 1.42. The molecule has 6 heteroatoms. The number of amides is 2. The van der Waals surface area contributed by atoms with Crippen LogP contribution in [0.15, 0.2) is 22.7 Å². The fraction of sp³-hybridized carbons (Fsp3) is 0.333. The molecule has 1 heterocycles. The summed E-state index contributed by atoms with van der Waals surface area (Å²) >= 11 is 3.18. The molecule has 2 rings (SSSR count). The number of benzene rings is 1. The first kappa shape index (κ1) is 13.0. The Hall–Kier alpha value is -1.43. The molecule has 1 aliphatic heterocycles. The highest BCUT2D eigenvalue weighted by Crippen LogP contribution is 2.18. The van der Waals surface area contributed by atoms with Crippen molar-refractivity contribution in [2.45, 2.75) is 18.9 Å². The molecule has 0 radical (unpaired) electrons. The Morgan fingerprint density at radius 1 is 1.50 bits per heavy atom. The van der Waals surface area contributed by atoms with Gasteiger partial charge in [0.25, 0.3) is 5.91 Å². The molecule has 1 fully saturated rings. The van der Waals surface area contributed by atoms with Gasteiger partial charge in [-0.25, -0.2) is 4.39 Å². The standard InChI is InChI=1S/C12H12BrFN2O2/c13-9-4-3-7(14)6-8(9)11(17)16-10-2-1-5-15-12(10)18/h3-4,6,10H,1-2,5H2,(H,15,18)(H,16,17). The van der Waals surface area contributed by atoms with Crippen molar-refractivity contribution in [3.8, 4) is 0 Å². The molecule has 4 nitrogen and oxygen atoms in total. The van der Waals surface area contributed by atoms with Gasteiger partial charge in [0.1, 0.15) is 11.9 Å². The second-order valence-electron chi connectivity index (χ2n) is 4.08. The maximum Gasteiger partial charge on any atom is 0.253 e. The van der Waals surface area contributed by atoms with Gasteiger partial charge in [-0.2, -0.15) is 0 Å². The van der Waals surface area contributed by atoms with Gasteiger partial charge >= 0.3 is 0 Å². The van der Waals surface area contributed by atoms with E-state index in [-0.39, 0.29) is 11.5 Å². The van der Waals surface area contributed by atoms with Gasteiger partial charge < -0.3 is 10.6 Å². The summed E-state index contributed by atoms with van der Waals surface area (Å²) in [4.78, 5) is 23.4. The first-order chi connectivity index (χ1) is 8.58. The molecule has 1 aliphatic rings. The summed E-state index contributed by atoms with van der Waals surface area (Å²) < 4.78 is 13.6. The lowest BCUT2D eigenvalue weighted by Gasteiger charge is -2.22. The van der Waals surface area contributed by atoms with Crippen molar-refractivity contribution in [3.05, 3.63) is 34.1 Å². The van der Waals surface area contributed by atoms with Crippen molar-refractivity contribution in [3.63, 3.8) is 0 Å². The van der Waals surface area contributed by atoms with E-state index in [1.54, 1.807) is 0 Å². The molecule has 0 bridgehead atoms. The number of nitrogens with one attached hydrogen (secondary N) is 2. The zero-order valence-electron chi connectivity index (χ0n) is 9.50. The molecular weight excluding hydrogens is 303 g/mol. The largest absolute Gasteiger partial charge is 0.354 e. The van der Waals surface area contributed by atoms with E-state index in [1.165, 1.54) is 12.1 Å². The molecule has 18 heavy (non-hydrogen) atoms. The van der Waals surface area contributed by atoms with E-state index in [4.69, 9.17) is 0 Å².